The van der Waals surface area contributed by atoms with Crippen molar-refractivity contribution in [2.24, 2.45) is 0 Å². The van der Waals surface area contributed by atoms with Gasteiger partial charge >= 0.3 is 5.97 Å². The molecule has 2 rings (SSSR count). The summed E-state index contributed by atoms with van der Waals surface area (Å²) >= 11 is 1.18. The van der Waals surface area contributed by atoms with Gasteiger partial charge in [-0.05, 0) is 19.1 Å². The van der Waals surface area contributed by atoms with Crippen molar-refractivity contribution in [2.45, 2.75) is 6.92 Å². The van der Waals surface area contributed by atoms with E-state index in [-0.39, 0.29) is 4.88 Å². The van der Waals surface area contributed by atoms with Gasteiger partial charge < -0.3 is 9.84 Å². The third-order valence-electron chi connectivity index (χ3n) is 1.89. The van der Waals surface area contributed by atoms with Crippen LogP contribution in [-0.2, 0) is 0 Å². The molecule has 0 amide bonds. The summed E-state index contributed by atoms with van der Waals surface area (Å²) in [5.41, 5.74) is 0.670. The minimum atomic E-state index is -0.930. The Morgan fingerprint density at radius 3 is 3.13 bits per heavy atom. The van der Waals surface area contributed by atoms with Crippen LogP contribution in [0, 0.1) is 0 Å². The molecule has 78 valence electrons. The van der Waals surface area contributed by atoms with Gasteiger partial charge in [0, 0.05) is 6.20 Å². The number of fused-ring (bicyclic) bond motifs is 1. The van der Waals surface area contributed by atoms with Crippen LogP contribution in [0.15, 0.2) is 18.3 Å². The zero-order chi connectivity index (χ0) is 10.8. The van der Waals surface area contributed by atoms with Crippen molar-refractivity contribution in [3.05, 3.63) is 23.2 Å². The molecule has 0 spiro atoms. The van der Waals surface area contributed by atoms with Gasteiger partial charge in [-0.3, -0.25) is 4.98 Å². The average molecular weight is 223 g/mol. The third kappa shape index (κ3) is 1.78. The number of rotatable bonds is 3. The second-order valence-corrected chi connectivity index (χ2v) is 3.92. The number of thiophene rings is 1. The van der Waals surface area contributed by atoms with Crippen LogP contribution in [0.1, 0.15) is 16.6 Å². The van der Waals surface area contributed by atoms with Gasteiger partial charge in [-0.25, -0.2) is 4.79 Å². The molecular formula is C10H9NO3S. The highest BCUT2D eigenvalue weighted by atomic mass is 32.1. The first-order chi connectivity index (χ1) is 7.22. The minimum Gasteiger partial charge on any atom is -0.492 e. The fraction of sp³-hybridized carbons (Fsp3) is 0.200. The number of carboxylic acids is 1. The number of aromatic carboxylic acids is 1. The molecule has 4 nitrogen and oxygen atoms in total. The Labute approximate surface area is 90.1 Å². The molecule has 1 N–H and O–H groups in total. The molecule has 0 fully saturated rings. The van der Waals surface area contributed by atoms with Crippen molar-refractivity contribution in [3.63, 3.8) is 0 Å². The molecule has 0 aliphatic carbocycles. The summed E-state index contributed by atoms with van der Waals surface area (Å²) in [6, 6.07) is 3.30. The quantitative estimate of drug-likeness (QED) is 0.867. The standard InChI is InChI=1S/C10H9NO3S/c1-2-14-7-3-4-11-6-5-8(10(12)13)15-9(6)7/h3-5H,2H2,1H3,(H,12,13). The van der Waals surface area contributed by atoms with Crippen molar-refractivity contribution in [1.82, 2.24) is 4.98 Å². The Kier molecular flexibility index (Phi) is 2.55. The van der Waals surface area contributed by atoms with Gasteiger partial charge in [-0.2, -0.15) is 0 Å². The largest absolute Gasteiger partial charge is 0.492 e. The highest BCUT2D eigenvalue weighted by molar-refractivity contribution is 7.21. The maximum Gasteiger partial charge on any atom is 0.345 e. The lowest BCUT2D eigenvalue weighted by Gasteiger charge is -2.02. The van der Waals surface area contributed by atoms with Crippen LogP contribution >= 0.6 is 11.3 Å². The van der Waals surface area contributed by atoms with E-state index in [4.69, 9.17) is 9.84 Å². The normalized spacial score (nSPS) is 10.5. The second-order valence-electron chi connectivity index (χ2n) is 2.87. The minimum absolute atomic E-state index is 0.282. The first-order valence-corrected chi connectivity index (χ1v) is 5.28. The third-order valence-corrected chi connectivity index (χ3v) is 3.01. The smallest absolute Gasteiger partial charge is 0.345 e. The summed E-state index contributed by atoms with van der Waals surface area (Å²) in [4.78, 5) is 15.2. The van der Waals surface area contributed by atoms with E-state index in [0.717, 1.165) is 4.70 Å². The molecule has 2 aromatic heterocycles. The lowest BCUT2D eigenvalue weighted by molar-refractivity contribution is 0.0702. The van der Waals surface area contributed by atoms with E-state index < -0.39 is 5.97 Å². The number of ether oxygens (including phenoxy) is 1. The summed E-state index contributed by atoms with van der Waals surface area (Å²) < 4.78 is 6.18. The Bertz CT molecular complexity index is 506. The van der Waals surface area contributed by atoms with E-state index in [9.17, 15) is 4.79 Å². The summed E-state index contributed by atoms with van der Waals surface area (Å²) in [7, 11) is 0. The number of carboxylic acid groups (broad SMARTS) is 1. The molecule has 0 aliphatic rings. The molecular weight excluding hydrogens is 214 g/mol. The Morgan fingerprint density at radius 2 is 2.47 bits per heavy atom. The molecule has 0 aromatic carbocycles. The predicted molar refractivity (Wildman–Crippen MR) is 57.7 cm³/mol. The van der Waals surface area contributed by atoms with E-state index >= 15 is 0 Å². The first kappa shape index (κ1) is 9.92. The van der Waals surface area contributed by atoms with E-state index in [1.807, 2.05) is 6.92 Å². The van der Waals surface area contributed by atoms with E-state index in [0.29, 0.717) is 17.9 Å². The number of hydrogen-bond acceptors (Lipinski definition) is 4. The molecule has 2 heterocycles. The van der Waals surface area contributed by atoms with E-state index in [2.05, 4.69) is 4.98 Å². The monoisotopic (exact) mass is 223 g/mol. The SMILES string of the molecule is CCOc1ccnc2cc(C(=O)O)sc12. The van der Waals surface area contributed by atoms with Crippen LogP contribution in [0.3, 0.4) is 0 Å². The van der Waals surface area contributed by atoms with Gasteiger partial charge in [0.2, 0.25) is 0 Å². The van der Waals surface area contributed by atoms with Gasteiger partial charge in [-0.1, -0.05) is 0 Å². The fourth-order valence-corrected chi connectivity index (χ4v) is 2.21. The van der Waals surface area contributed by atoms with Gasteiger partial charge in [0.25, 0.3) is 0 Å². The van der Waals surface area contributed by atoms with E-state index in [1.165, 1.54) is 11.3 Å². The molecule has 0 saturated carbocycles. The lowest BCUT2D eigenvalue weighted by atomic mass is 10.3. The molecule has 2 aromatic rings. The van der Waals surface area contributed by atoms with Crippen LogP contribution in [0.5, 0.6) is 5.75 Å². The lowest BCUT2D eigenvalue weighted by Crippen LogP contribution is -1.91. The van der Waals surface area contributed by atoms with Gasteiger partial charge in [0.1, 0.15) is 10.6 Å². The number of carbonyl (C=O) groups is 1. The summed E-state index contributed by atoms with van der Waals surface area (Å²) in [5.74, 6) is -0.236. The molecule has 0 saturated heterocycles. The topological polar surface area (TPSA) is 59.4 Å². The summed E-state index contributed by atoms with van der Waals surface area (Å²) in [6.45, 7) is 2.44. The van der Waals surface area contributed by atoms with Crippen molar-refractivity contribution in [3.8, 4) is 5.75 Å². The molecule has 0 aliphatic heterocycles. The first-order valence-electron chi connectivity index (χ1n) is 4.47. The van der Waals surface area contributed by atoms with E-state index in [1.54, 1.807) is 18.3 Å². The molecule has 0 unspecified atom stereocenters. The molecule has 0 radical (unpaired) electrons. The van der Waals surface area contributed by atoms with Crippen LogP contribution in [0.4, 0.5) is 0 Å². The van der Waals surface area contributed by atoms with Gasteiger partial charge in [0.05, 0.1) is 16.8 Å². The van der Waals surface area contributed by atoms with Crippen LogP contribution < -0.4 is 4.74 Å². The maximum absolute atomic E-state index is 10.8. The van der Waals surface area contributed by atoms with Gasteiger partial charge in [0.15, 0.2) is 0 Å². The maximum atomic E-state index is 10.8. The van der Waals surface area contributed by atoms with Crippen LogP contribution in [-0.4, -0.2) is 22.7 Å². The molecule has 15 heavy (non-hydrogen) atoms. The highest BCUT2D eigenvalue weighted by Crippen LogP contribution is 2.31. The number of nitrogens with zero attached hydrogens (tertiary/aromatic N) is 1. The fourth-order valence-electron chi connectivity index (χ4n) is 1.29. The predicted octanol–water partition coefficient (Wildman–Crippen LogP) is 2.39. The van der Waals surface area contributed by atoms with Crippen molar-refractivity contribution in [1.29, 1.82) is 0 Å². The number of hydrogen-bond donors (Lipinski definition) is 1. The summed E-state index contributed by atoms with van der Waals surface area (Å²) in [5, 5.41) is 8.85. The van der Waals surface area contributed by atoms with Crippen molar-refractivity contribution in [2.75, 3.05) is 6.61 Å². The zero-order valence-corrected chi connectivity index (χ0v) is 8.87. The summed E-state index contributed by atoms with van der Waals surface area (Å²) in [6.07, 6.45) is 1.62. The Morgan fingerprint density at radius 1 is 1.67 bits per heavy atom. The molecule has 0 atom stereocenters. The highest BCUT2D eigenvalue weighted by Gasteiger charge is 2.12. The van der Waals surface area contributed by atoms with Gasteiger partial charge in [-0.15, -0.1) is 11.3 Å². The molecule has 5 heteroatoms. The molecule has 0 bridgehead atoms. The number of aromatic nitrogens is 1. The van der Waals surface area contributed by atoms with Crippen LogP contribution in [0.25, 0.3) is 10.2 Å². The Balaban J connectivity index is 2.59. The van der Waals surface area contributed by atoms with Crippen molar-refractivity contribution >= 4 is 27.5 Å². The average Bonchev–Trinajstić information content (AvgIpc) is 2.63. The van der Waals surface area contributed by atoms with Crippen molar-refractivity contribution < 1.29 is 14.6 Å². The Hall–Kier alpha value is -1.62. The van der Waals surface area contributed by atoms with Crippen LogP contribution in [0.2, 0.25) is 0 Å². The zero-order valence-electron chi connectivity index (χ0n) is 8.06. The second kappa shape index (κ2) is 3.86. The number of pyridine rings is 1.